The van der Waals surface area contributed by atoms with Crippen molar-refractivity contribution < 1.29 is 27.4 Å². The number of nitrogens with one attached hydrogen (secondary N) is 1. The van der Waals surface area contributed by atoms with Gasteiger partial charge < -0.3 is 9.47 Å². The van der Waals surface area contributed by atoms with Gasteiger partial charge in [-0.1, -0.05) is 17.4 Å². The normalized spacial score (nSPS) is 10.9. The van der Waals surface area contributed by atoms with Crippen molar-refractivity contribution in [3.8, 4) is 28.4 Å². The van der Waals surface area contributed by atoms with Crippen molar-refractivity contribution in [2.45, 2.75) is 6.18 Å². The lowest BCUT2D eigenvalue weighted by Gasteiger charge is -2.09. The van der Waals surface area contributed by atoms with E-state index in [9.17, 15) is 18.0 Å². The summed E-state index contributed by atoms with van der Waals surface area (Å²) in [7, 11) is 2.52. The minimum Gasteiger partial charge on any atom is -0.480 e. The number of ether oxygens (including phenoxy) is 2. The fourth-order valence-electron chi connectivity index (χ4n) is 2.38. The Morgan fingerprint density at radius 1 is 1.17 bits per heavy atom. The molecule has 0 bridgehead atoms. The van der Waals surface area contributed by atoms with Crippen LogP contribution in [-0.2, 0) is 6.18 Å². The van der Waals surface area contributed by atoms with Gasteiger partial charge in [0.15, 0.2) is 16.4 Å². The summed E-state index contributed by atoms with van der Waals surface area (Å²) in [5.41, 5.74) is -1.61. The highest BCUT2D eigenvalue weighted by Crippen LogP contribution is 2.41. The Labute approximate surface area is 171 Å². The van der Waals surface area contributed by atoms with E-state index < -0.39 is 17.8 Å². The SMILES string of the molecule is COc1ncnc(OC)c1C(=O)Nc1nc(C(F)(F)F)c(-c2cccc(C#N)n2)s1. The zero-order chi connectivity index (χ0) is 21.9. The van der Waals surface area contributed by atoms with Crippen LogP contribution in [0.4, 0.5) is 18.3 Å². The predicted octanol–water partition coefficient (Wildman–Crippen LogP) is 3.16. The first-order valence-corrected chi connectivity index (χ1v) is 8.80. The molecule has 0 aliphatic rings. The second-order valence-corrected chi connectivity index (χ2v) is 6.43. The molecule has 9 nitrogen and oxygen atoms in total. The van der Waals surface area contributed by atoms with Gasteiger partial charge in [0.05, 0.1) is 24.8 Å². The smallest absolute Gasteiger partial charge is 0.434 e. The summed E-state index contributed by atoms with van der Waals surface area (Å²) in [6, 6.07) is 5.83. The van der Waals surface area contributed by atoms with Crippen molar-refractivity contribution in [3.63, 3.8) is 0 Å². The molecule has 0 aliphatic heterocycles. The Morgan fingerprint density at radius 2 is 1.83 bits per heavy atom. The van der Waals surface area contributed by atoms with Crippen LogP contribution in [0.5, 0.6) is 11.8 Å². The van der Waals surface area contributed by atoms with Gasteiger partial charge in [-0.05, 0) is 12.1 Å². The number of anilines is 1. The fraction of sp³-hybridized carbons (Fsp3) is 0.176. The van der Waals surface area contributed by atoms with Gasteiger partial charge in [0.2, 0.25) is 11.8 Å². The quantitative estimate of drug-likeness (QED) is 0.647. The molecule has 154 valence electrons. The molecule has 0 saturated carbocycles. The first-order valence-electron chi connectivity index (χ1n) is 7.98. The van der Waals surface area contributed by atoms with Crippen LogP contribution < -0.4 is 14.8 Å². The van der Waals surface area contributed by atoms with E-state index in [1.54, 1.807) is 6.07 Å². The minimum absolute atomic E-state index is 0.0597. The largest absolute Gasteiger partial charge is 0.480 e. The lowest BCUT2D eigenvalue weighted by Crippen LogP contribution is -2.16. The van der Waals surface area contributed by atoms with E-state index in [1.165, 1.54) is 32.4 Å². The van der Waals surface area contributed by atoms with E-state index in [1.807, 2.05) is 0 Å². The number of carbonyl (C=O) groups excluding carboxylic acids is 1. The van der Waals surface area contributed by atoms with Gasteiger partial charge in [-0.2, -0.15) is 18.4 Å². The summed E-state index contributed by atoms with van der Waals surface area (Å²) in [5, 5.41) is 10.9. The maximum absolute atomic E-state index is 13.5. The van der Waals surface area contributed by atoms with Crippen molar-refractivity contribution in [1.29, 1.82) is 5.26 Å². The number of nitrogens with zero attached hydrogens (tertiary/aromatic N) is 5. The first kappa shape index (κ1) is 20.9. The summed E-state index contributed by atoms with van der Waals surface area (Å²) < 4.78 is 50.5. The number of thiazole rings is 1. The zero-order valence-electron chi connectivity index (χ0n) is 15.3. The molecule has 3 heterocycles. The minimum atomic E-state index is -4.82. The average Bonchev–Trinajstić information content (AvgIpc) is 3.17. The monoisotopic (exact) mass is 436 g/mol. The van der Waals surface area contributed by atoms with E-state index in [4.69, 9.17) is 14.7 Å². The molecule has 0 unspecified atom stereocenters. The van der Waals surface area contributed by atoms with Crippen LogP contribution in [0.2, 0.25) is 0 Å². The highest BCUT2D eigenvalue weighted by molar-refractivity contribution is 7.19. The number of alkyl halides is 3. The van der Waals surface area contributed by atoms with Crippen molar-refractivity contribution in [1.82, 2.24) is 19.9 Å². The molecule has 3 aromatic rings. The number of halogens is 3. The maximum atomic E-state index is 13.5. The molecule has 0 aromatic carbocycles. The van der Waals surface area contributed by atoms with E-state index in [0.717, 1.165) is 6.33 Å². The highest BCUT2D eigenvalue weighted by Gasteiger charge is 2.39. The molecule has 3 aromatic heterocycles. The summed E-state index contributed by atoms with van der Waals surface area (Å²) in [4.78, 5) is 27.3. The lowest BCUT2D eigenvalue weighted by atomic mass is 10.2. The fourth-order valence-corrected chi connectivity index (χ4v) is 3.33. The molecule has 1 amide bonds. The van der Waals surface area contributed by atoms with Crippen molar-refractivity contribution in [3.05, 3.63) is 41.5 Å². The van der Waals surface area contributed by atoms with E-state index >= 15 is 0 Å². The second-order valence-electron chi connectivity index (χ2n) is 5.44. The van der Waals surface area contributed by atoms with Gasteiger partial charge in [0.25, 0.3) is 5.91 Å². The highest BCUT2D eigenvalue weighted by atomic mass is 32.1. The van der Waals surface area contributed by atoms with Crippen LogP contribution in [0.25, 0.3) is 10.6 Å². The van der Waals surface area contributed by atoms with Crippen LogP contribution in [0.3, 0.4) is 0 Å². The Balaban J connectivity index is 2.04. The third-order valence-electron chi connectivity index (χ3n) is 3.60. The van der Waals surface area contributed by atoms with E-state index in [0.29, 0.717) is 11.3 Å². The van der Waals surface area contributed by atoms with Crippen LogP contribution in [-0.4, -0.2) is 40.1 Å². The number of amides is 1. The van der Waals surface area contributed by atoms with Crippen LogP contribution in [0.1, 0.15) is 21.7 Å². The molecular formula is C17H11F3N6O3S. The van der Waals surface area contributed by atoms with Gasteiger partial charge in [0, 0.05) is 0 Å². The number of pyridine rings is 1. The number of hydrogen-bond acceptors (Lipinski definition) is 9. The molecule has 0 atom stereocenters. The third kappa shape index (κ3) is 4.13. The summed E-state index contributed by atoms with van der Waals surface area (Å²) in [5.74, 6) is -1.14. The van der Waals surface area contributed by atoms with Gasteiger partial charge >= 0.3 is 6.18 Å². The topological polar surface area (TPSA) is 123 Å². The molecule has 0 aliphatic carbocycles. The number of rotatable bonds is 5. The molecule has 0 saturated heterocycles. The molecule has 3 rings (SSSR count). The number of aromatic nitrogens is 4. The van der Waals surface area contributed by atoms with Crippen LogP contribution in [0, 0.1) is 11.3 Å². The predicted molar refractivity (Wildman–Crippen MR) is 98.2 cm³/mol. The number of carbonyl (C=O) groups is 1. The lowest BCUT2D eigenvalue weighted by molar-refractivity contribution is -0.140. The van der Waals surface area contributed by atoms with Crippen molar-refractivity contribution in [2.75, 3.05) is 19.5 Å². The van der Waals surface area contributed by atoms with E-state index in [-0.39, 0.29) is 38.7 Å². The van der Waals surface area contributed by atoms with Gasteiger partial charge in [-0.25, -0.2) is 19.9 Å². The number of nitriles is 1. The summed E-state index contributed by atoms with van der Waals surface area (Å²) >= 11 is 0.551. The molecule has 0 radical (unpaired) electrons. The molecule has 13 heteroatoms. The Hall–Kier alpha value is -3.79. The molecule has 1 N–H and O–H groups in total. The first-order chi connectivity index (χ1) is 14.3. The molecular weight excluding hydrogens is 425 g/mol. The van der Waals surface area contributed by atoms with Gasteiger partial charge in [0.1, 0.15) is 18.1 Å². The summed E-state index contributed by atoms with van der Waals surface area (Å²) in [6.45, 7) is 0. The van der Waals surface area contributed by atoms with Crippen molar-refractivity contribution in [2.24, 2.45) is 0 Å². The summed E-state index contributed by atoms with van der Waals surface area (Å²) in [6.07, 6.45) is -3.71. The zero-order valence-corrected chi connectivity index (χ0v) is 16.1. The Morgan fingerprint density at radius 3 is 2.40 bits per heavy atom. The molecule has 0 spiro atoms. The maximum Gasteiger partial charge on any atom is 0.434 e. The number of methoxy groups -OCH3 is 2. The van der Waals surface area contributed by atoms with E-state index in [2.05, 4.69) is 25.3 Å². The molecule has 30 heavy (non-hydrogen) atoms. The standard InChI is InChI=1S/C17H11F3N6O3S/c1-28-14-10(15(29-2)23-7-22-14)13(27)26-16-25-12(17(18,19)20)11(30-16)9-5-3-4-8(6-21)24-9/h3-5,7H,1-2H3,(H,25,26,27). The van der Waals surface area contributed by atoms with Crippen LogP contribution in [0.15, 0.2) is 24.5 Å². The Kier molecular flexibility index (Phi) is 5.79. The molecule has 0 fully saturated rings. The third-order valence-corrected chi connectivity index (χ3v) is 4.60. The second kappa shape index (κ2) is 8.29. The van der Waals surface area contributed by atoms with Crippen LogP contribution >= 0.6 is 11.3 Å². The van der Waals surface area contributed by atoms with Gasteiger partial charge in [-0.15, -0.1) is 0 Å². The number of hydrogen-bond donors (Lipinski definition) is 1. The van der Waals surface area contributed by atoms with Crippen molar-refractivity contribution >= 4 is 22.4 Å². The Bertz CT molecular complexity index is 1120. The average molecular weight is 436 g/mol. The van der Waals surface area contributed by atoms with Gasteiger partial charge in [-0.3, -0.25) is 10.1 Å².